The lowest BCUT2D eigenvalue weighted by Crippen LogP contribution is -2.56. The van der Waals surface area contributed by atoms with Gasteiger partial charge in [-0.2, -0.15) is 5.10 Å². The lowest BCUT2D eigenvalue weighted by Gasteiger charge is -2.36. The van der Waals surface area contributed by atoms with Crippen molar-refractivity contribution in [3.05, 3.63) is 42.1 Å². The highest BCUT2D eigenvalue weighted by molar-refractivity contribution is 5.97. The fraction of sp³-hybridized carbons (Fsp3) is 0.615. The summed E-state index contributed by atoms with van der Waals surface area (Å²) in [5.41, 5.74) is 0.507. The van der Waals surface area contributed by atoms with Crippen LogP contribution in [0.3, 0.4) is 0 Å². The second kappa shape index (κ2) is 18.5. The highest BCUT2D eigenvalue weighted by Crippen LogP contribution is 2.35. The van der Waals surface area contributed by atoms with E-state index in [2.05, 4.69) is 15.7 Å². The van der Waals surface area contributed by atoms with Crippen molar-refractivity contribution in [3.63, 3.8) is 0 Å². The number of hydrogen-bond donors (Lipinski definition) is 2. The molecule has 0 bridgehead atoms. The van der Waals surface area contributed by atoms with Crippen LogP contribution in [0.15, 0.2) is 36.4 Å². The number of benzene rings is 1. The van der Waals surface area contributed by atoms with Crippen molar-refractivity contribution in [3.8, 4) is 11.6 Å². The Labute approximate surface area is 321 Å². The quantitative estimate of drug-likeness (QED) is 0.272. The molecule has 1 unspecified atom stereocenters. The fourth-order valence-corrected chi connectivity index (χ4v) is 7.98. The van der Waals surface area contributed by atoms with Crippen LogP contribution in [-0.4, -0.2) is 131 Å². The van der Waals surface area contributed by atoms with Gasteiger partial charge in [-0.3, -0.25) is 24.0 Å². The molecule has 298 valence electrons. The number of nitrogens with one attached hydrogen (secondary N) is 2. The molecule has 2 aliphatic heterocycles. The predicted octanol–water partition coefficient (Wildman–Crippen LogP) is 2.68. The van der Waals surface area contributed by atoms with E-state index in [4.69, 9.17) is 14.2 Å². The molecule has 3 heterocycles. The zero-order chi connectivity index (χ0) is 38.9. The molecule has 4 aliphatic rings. The third kappa shape index (κ3) is 9.57. The summed E-state index contributed by atoms with van der Waals surface area (Å²) in [6.07, 6.45) is 7.41. The molecule has 0 radical (unpaired) electrons. The number of carbonyl (C=O) groups excluding carboxylic acids is 6. The van der Waals surface area contributed by atoms with Crippen LogP contribution >= 0.6 is 0 Å². The summed E-state index contributed by atoms with van der Waals surface area (Å²) >= 11 is 0. The van der Waals surface area contributed by atoms with Gasteiger partial charge in [0.1, 0.15) is 12.1 Å². The molecule has 2 aromatic rings. The molecule has 16 nitrogen and oxygen atoms in total. The number of hydrogen-bond acceptors (Lipinski definition) is 10. The first-order valence-electron chi connectivity index (χ1n) is 19.6. The highest BCUT2D eigenvalue weighted by Gasteiger charge is 2.39. The number of piperazine rings is 1. The molecule has 3 atom stereocenters. The number of amides is 5. The summed E-state index contributed by atoms with van der Waals surface area (Å²) < 4.78 is 17.7. The van der Waals surface area contributed by atoms with E-state index in [1.165, 1.54) is 22.8 Å². The van der Waals surface area contributed by atoms with Gasteiger partial charge in [0.05, 0.1) is 25.3 Å². The van der Waals surface area contributed by atoms with Crippen LogP contribution in [0.2, 0.25) is 0 Å². The molecular formula is C39H53N7O9. The molecule has 16 heteroatoms. The van der Waals surface area contributed by atoms with E-state index in [1.807, 2.05) is 6.07 Å². The Hall–Kier alpha value is -5.15. The van der Waals surface area contributed by atoms with E-state index in [9.17, 15) is 28.8 Å². The number of esters is 1. The maximum Gasteiger partial charge on any atom is 0.409 e. The van der Waals surface area contributed by atoms with Gasteiger partial charge >= 0.3 is 12.1 Å². The first kappa shape index (κ1) is 39.5. The van der Waals surface area contributed by atoms with Crippen LogP contribution in [0.1, 0.15) is 81.6 Å². The molecule has 5 amide bonds. The average Bonchev–Trinajstić information content (AvgIpc) is 3.99. The highest BCUT2D eigenvalue weighted by atomic mass is 16.6. The number of ether oxygens (including phenoxy) is 3. The largest absolute Gasteiger partial charge is 0.469 e. The maximum absolute atomic E-state index is 14.2. The molecule has 1 aromatic heterocycles. The lowest BCUT2D eigenvalue weighted by molar-refractivity contribution is -0.148. The van der Waals surface area contributed by atoms with E-state index in [0.717, 1.165) is 44.9 Å². The Morgan fingerprint density at radius 2 is 1.58 bits per heavy atom. The Morgan fingerprint density at radius 3 is 2.24 bits per heavy atom. The van der Waals surface area contributed by atoms with Crippen LogP contribution < -0.4 is 15.4 Å². The molecule has 4 fully saturated rings. The number of para-hydroxylation sites is 1. The fourth-order valence-electron chi connectivity index (χ4n) is 7.98. The first-order chi connectivity index (χ1) is 26.7. The summed E-state index contributed by atoms with van der Waals surface area (Å²) in [5.74, 6) is -2.46. The standard InChI is InChI=1S/C39H53N7O9/c1-3-54-39(52)44-21-19-43(20-22-44)37(50)31(23-29(38(51)53-2)26-11-7-8-12-26)41-35(48)30-24-34(46(42-30)28-15-5-4-6-16-28)55-25-33(47)45-18-10-17-32(45)36(49)40-27-13-9-14-27/h4-6,15-16,24,26-27,29,31-32H,3,7-14,17-23,25H2,1-2H3,(H,40,49)(H,41,48)/t29?,31-,32-/m0/s1. The van der Waals surface area contributed by atoms with E-state index in [0.29, 0.717) is 25.1 Å². The number of likely N-dealkylation sites (tertiary alicyclic amines) is 1. The summed E-state index contributed by atoms with van der Waals surface area (Å²) in [4.78, 5) is 84.8. The molecule has 0 spiro atoms. The summed E-state index contributed by atoms with van der Waals surface area (Å²) in [6.45, 7) is 3.01. The zero-order valence-corrected chi connectivity index (χ0v) is 31.8. The van der Waals surface area contributed by atoms with E-state index < -0.39 is 36.0 Å². The number of rotatable bonds is 14. The number of methoxy groups -OCH3 is 1. The van der Waals surface area contributed by atoms with Crippen molar-refractivity contribution < 1.29 is 43.0 Å². The van der Waals surface area contributed by atoms with Gasteiger partial charge < -0.3 is 39.5 Å². The Kier molecular flexibility index (Phi) is 13.3. The molecule has 1 aromatic carbocycles. The Balaban J connectivity index is 1.20. The molecule has 2 saturated carbocycles. The van der Waals surface area contributed by atoms with Gasteiger partial charge in [-0.15, -0.1) is 0 Å². The summed E-state index contributed by atoms with van der Waals surface area (Å²) in [6, 6.07) is 8.89. The van der Waals surface area contributed by atoms with Crippen molar-refractivity contribution in [2.24, 2.45) is 11.8 Å². The van der Waals surface area contributed by atoms with Crippen molar-refractivity contribution in [1.82, 2.24) is 35.1 Å². The summed E-state index contributed by atoms with van der Waals surface area (Å²) in [5, 5.41) is 10.5. The van der Waals surface area contributed by atoms with E-state index in [-0.39, 0.29) is 87.1 Å². The third-order valence-electron chi connectivity index (χ3n) is 11.3. The lowest BCUT2D eigenvalue weighted by atomic mass is 9.85. The van der Waals surface area contributed by atoms with Crippen LogP contribution in [0.5, 0.6) is 5.88 Å². The third-order valence-corrected chi connectivity index (χ3v) is 11.3. The van der Waals surface area contributed by atoms with Gasteiger partial charge in [0.25, 0.3) is 11.8 Å². The van der Waals surface area contributed by atoms with Gasteiger partial charge in [0.15, 0.2) is 12.3 Å². The van der Waals surface area contributed by atoms with Gasteiger partial charge in [0, 0.05) is 44.8 Å². The van der Waals surface area contributed by atoms with Crippen LogP contribution in [0, 0.1) is 11.8 Å². The van der Waals surface area contributed by atoms with Gasteiger partial charge in [-0.1, -0.05) is 31.0 Å². The minimum Gasteiger partial charge on any atom is -0.469 e. The first-order valence-corrected chi connectivity index (χ1v) is 19.6. The molecule has 2 N–H and O–H groups in total. The molecule has 2 aliphatic carbocycles. The SMILES string of the molecule is CCOC(=O)N1CCN(C(=O)[C@H](CC(C(=O)OC)C2CCCC2)NC(=O)c2cc(OCC(=O)N3CCC[C@H]3C(=O)NC3CCC3)n(-c3ccccc3)n2)CC1. The van der Waals surface area contributed by atoms with E-state index in [1.54, 1.807) is 41.0 Å². The van der Waals surface area contributed by atoms with Crippen molar-refractivity contribution in [2.75, 3.05) is 53.0 Å². The molecule has 6 rings (SSSR count). The Morgan fingerprint density at radius 1 is 0.873 bits per heavy atom. The predicted molar refractivity (Wildman–Crippen MR) is 198 cm³/mol. The number of nitrogens with zero attached hydrogens (tertiary/aromatic N) is 5. The van der Waals surface area contributed by atoms with Gasteiger partial charge in [0.2, 0.25) is 17.7 Å². The molecule has 55 heavy (non-hydrogen) atoms. The second-order valence-electron chi connectivity index (χ2n) is 14.7. The molecule has 2 saturated heterocycles. The second-order valence-corrected chi connectivity index (χ2v) is 14.7. The minimum atomic E-state index is -1.10. The smallest absolute Gasteiger partial charge is 0.409 e. The monoisotopic (exact) mass is 763 g/mol. The zero-order valence-electron chi connectivity index (χ0n) is 31.8. The van der Waals surface area contributed by atoms with Crippen molar-refractivity contribution in [2.45, 2.75) is 89.3 Å². The van der Waals surface area contributed by atoms with Crippen LogP contribution in [0.25, 0.3) is 5.69 Å². The Bertz CT molecular complexity index is 1680. The van der Waals surface area contributed by atoms with Gasteiger partial charge in [-0.25, -0.2) is 9.48 Å². The number of aromatic nitrogens is 2. The topological polar surface area (TPSA) is 182 Å². The maximum atomic E-state index is 14.2. The normalized spacial score (nSPS) is 20.0. The molecular weight excluding hydrogens is 710 g/mol. The average molecular weight is 764 g/mol. The van der Waals surface area contributed by atoms with Crippen molar-refractivity contribution in [1.29, 1.82) is 0 Å². The number of carbonyl (C=O) groups is 6. The van der Waals surface area contributed by atoms with E-state index >= 15 is 0 Å². The van der Waals surface area contributed by atoms with Crippen LogP contribution in [0.4, 0.5) is 4.79 Å². The van der Waals surface area contributed by atoms with Crippen LogP contribution in [-0.2, 0) is 28.7 Å². The van der Waals surface area contributed by atoms with Crippen molar-refractivity contribution >= 4 is 35.7 Å². The van der Waals surface area contributed by atoms with Gasteiger partial charge in [-0.05, 0) is 76.3 Å². The summed E-state index contributed by atoms with van der Waals surface area (Å²) in [7, 11) is 1.32. The minimum absolute atomic E-state index is 0.00892.